The maximum Gasteiger partial charge on any atom is 0.252 e. The van der Waals surface area contributed by atoms with Crippen LogP contribution in [-0.2, 0) is 0 Å². The summed E-state index contributed by atoms with van der Waals surface area (Å²) in [6.45, 7) is 6.24. The summed E-state index contributed by atoms with van der Waals surface area (Å²) >= 11 is 0. The fourth-order valence-electron chi connectivity index (χ4n) is 2.12. The van der Waals surface area contributed by atoms with Gasteiger partial charge in [-0.05, 0) is 18.8 Å². The lowest BCUT2D eigenvalue weighted by Crippen LogP contribution is -2.22. The number of aromatic amines is 1. The van der Waals surface area contributed by atoms with Crippen LogP contribution in [0.2, 0.25) is 0 Å². The van der Waals surface area contributed by atoms with Gasteiger partial charge >= 0.3 is 0 Å². The fourth-order valence-corrected chi connectivity index (χ4v) is 2.12. The third-order valence-corrected chi connectivity index (χ3v) is 3.47. The quantitative estimate of drug-likeness (QED) is 0.815. The SMILES string of the molecule is CCC(CC1CC1)Nc1cc(=O)[nH]c(C(C)C)n1. The first-order valence-corrected chi connectivity index (χ1v) is 6.96. The van der Waals surface area contributed by atoms with Gasteiger partial charge in [0.1, 0.15) is 11.6 Å². The van der Waals surface area contributed by atoms with Crippen molar-refractivity contribution < 1.29 is 0 Å². The second kappa shape index (κ2) is 5.55. The lowest BCUT2D eigenvalue weighted by Gasteiger charge is -2.17. The normalized spacial score (nSPS) is 16.9. The molecule has 2 N–H and O–H groups in total. The van der Waals surface area contributed by atoms with Crippen LogP contribution in [0.4, 0.5) is 5.82 Å². The first kappa shape index (κ1) is 13.1. The van der Waals surface area contributed by atoms with Crippen molar-refractivity contribution in [1.29, 1.82) is 0 Å². The monoisotopic (exact) mass is 249 g/mol. The summed E-state index contributed by atoms with van der Waals surface area (Å²) < 4.78 is 0. The van der Waals surface area contributed by atoms with Crippen LogP contribution < -0.4 is 10.9 Å². The van der Waals surface area contributed by atoms with Crippen molar-refractivity contribution in [1.82, 2.24) is 9.97 Å². The van der Waals surface area contributed by atoms with Crippen molar-refractivity contribution in [3.8, 4) is 0 Å². The number of aromatic nitrogens is 2. The van der Waals surface area contributed by atoms with E-state index in [2.05, 4.69) is 22.2 Å². The van der Waals surface area contributed by atoms with Crippen LogP contribution in [-0.4, -0.2) is 16.0 Å². The van der Waals surface area contributed by atoms with Crippen LogP contribution in [0.3, 0.4) is 0 Å². The summed E-state index contributed by atoms with van der Waals surface area (Å²) in [5.74, 6) is 2.60. The molecule has 1 aromatic rings. The van der Waals surface area contributed by atoms with E-state index in [1.807, 2.05) is 13.8 Å². The molecule has 1 fully saturated rings. The van der Waals surface area contributed by atoms with Gasteiger partial charge in [-0.25, -0.2) is 4.98 Å². The third-order valence-electron chi connectivity index (χ3n) is 3.47. The van der Waals surface area contributed by atoms with Crippen LogP contribution in [0.15, 0.2) is 10.9 Å². The summed E-state index contributed by atoms with van der Waals surface area (Å²) in [6.07, 6.45) is 4.99. The van der Waals surface area contributed by atoms with Crippen molar-refractivity contribution in [3.63, 3.8) is 0 Å². The van der Waals surface area contributed by atoms with Crippen LogP contribution in [0.25, 0.3) is 0 Å². The molecule has 18 heavy (non-hydrogen) atoms. The van der Waals surface area contributed by atoms with Crippen LogP contribution in [0.1, 0.15) is 58.2 Å². The number of anilines is 1. The Morgan fingerprint density at radius 1 is 1.50 bits per heavy atom. The number of H-pyrrole nitrogens is 1. The van der Waals surface area contributed by atoms with Gasteiger partial charge in [-0.2, -0.15) is 0 Å². The number of nitrogens with zero attached hydrogens (tertiary/aromatic N) is 1. The molecule has 4 nitrogen and oxygen atoms in total. The highest BCUT2D eigenvalue weighted by atomic mass is 16.1. The Kier molecular flexibility index (Phi) is 4.04. The first-order chi connectivity index (χ1) is 8.58. The molecule has 1 atom stereocenters. The topological polar surface area (TPSA) is 57.8 Å². The summed E-state index contributed by atoms with van der Waals surface area (Å²) in [6, 6.07) is 1.99. The van der Waals surface area contributed by atoms with Gasteiger partial charge in [0.15, 0.2) is 0 Å². The predicted octanol–water partition coefficient (Wildman–Crippen LogP) is 2.88. The Balaban J connectivity index is 2.08. The Bertz CT molecular complexity index is 449. The van der Waals surface area contributed by atoms with E-state index in [1.165, 1.54) is 19.3 Å². The average molecular weight is 249 g/mol. The predicted molar refractivity (Wildman–Crippen MR) is 74.0 cm³/mol. The van der Waals surface area contributed by atoms with Crippen LogP contribution in [0, 0.1) is 5.92 Å². The third kappa shape index (κ3) is 3.59. The van der Waals surface area contributed by atoms with E-state index in [0.29, 0.717) is 6.04 Å². The van der Waals surface area contributed by atoms with Crippen LogP contribution >= 0.6 is 0 Å². The molecule has 1 unspecified atom stereocenters. The van der Waals surface area contributed by atoms with Crippen molar-refractivity contribution in [3.05, 3.63) is 22.2 Å². The maximum absolute atomic E-state index is 11.6. The highest BCUT2D eigenvalue weighted by Crippen LogP contribution is 2.34. The molecule has 0 bridgehead atoms. The van der Waals surface area contributed by atoms with Gasteiger partial charge in [0.25, 0.3) is 5.56 Å². The lowest BCUT2D eigenvalue weighted by molar-refractivity contribution is 0.584. The van der Waals surface area contributed by atoms with Gasteiger partial charge in [0.2, 0.25) is 0 Å². The van der Waals surface area contributed by atoms with Gasteiger partial charge in [-0.3, -0.25) is 4.79 Å². The molecule has 0 radical (unpaired) electrons. The number of hydrogen-bond acceptors (Lipinski definition) is 3. The molecule has 0 saturated heterocycles. The van der Waals surface area contributed by atoms with Crippen molar-refractivity contribution in [2.45, 2.75) is 58.4 Å². The van der Waals surface area contributed by atoms with E-state index in [9.17, 15) is 4.79 Å². The zero-order chi connectivity index (χ0) is 13.1. The molecule has 0 aliphatic heterocycles. The molecule has 1 aliphatic carbocycles. The summed E-state index contributed by atoms with van der Waals surface area (Å²) in [5.41, 5.74) is -0.0718. The van der Waals surface area contributed by atoms with Crippen LogP contribution in [0.5, 0.6) is 0 Å². The largest absolute Gasteiger partial charge is 0.367 e. The van der Waals surface area contributed by atoms with E-state index >= 15 is 0 Å². The Morgan fingerprint density at radius 3 is 2.78 bits per heavy atom. The minimum absolute atomic E-state index is 0.0718. The molecule has 0 spiro atoms. The second-order valence-corrected chi connectivity index (χ2v) is 5.60. The number of hydrogen-bond donors (Lipinski definition) is 2. The van der Waals surface area contributed by atoms with Crippen molar-refractivity contribution in [2.24, 2.45) is 5.92 Å². The van der Waals surface area contributed by atoms with Crippen molar-refractivity contribution >= 4 is 5.82 Å². The minimum Gasteiger partial charge on any atom is -0.367 e. The molecule has 1 aliphatic rings. The van der Waals surface area contributed by atoms with Gasteiger partial charge in [-0.15, -0.1) is 0 Å². The van der Waals surface area contributed by atoms with Crippen molar-refractivity contribution in [2.75, 3.05) is 5.32 Å². The number of nitrogens with one attached hydrogen (secondary N) is 2. The zero-order valence-electron chi connectivity index (χ0n) is 11.5. The minimum atomic E-state index is -0.0718. The van der Waals surface area contributed by atoms with E-state index < -0.39 is 0 Å². The zero-order valence-corrected chi connectivity index (χ0v) is 11.5. The fraction of sp³-hybridized carbons (Fsp3) is 0.714. The van der Waals surface area contributed by atoms with Gasteiger partial charge in [0.05, 0.1) is 0 Å². The molecule has 4 heteroatoms. The average Bonchev–Trinajstić information content (AvgIpc) is 3.11. The Labute approximate surface area is 108 Å². The van der Waals surface area contributed by atoms with Gasteiger partial charge < -0.3 is 10.3 Å². The maximum atomic E-state index is 11.6. The van der Waals surface area contributed by atoms with E-state index in [-0.39, 0.29) is 11.5 Å². The highest BCUT2D eigenvalue weighted by molar-refractivity contribution is 5.34. The molecule has 1 saturated carbocycles. The first-order valence-electron chi connectivity index (χ1n) is 6.96. The molecule has 1 heterocycles. The molecular weight excluding hydrogens is 226 g/mol. The molecule has 1 aromatic heterocycles. The van der Waals surface area contributed by atoms with E-state index in [4.69, 9.17) is 0 Å². The smallest absolute Gasteiger partial charge is 0.252 e. The summed E-state index contributed by atoms with van der Waals surface area (Å²) in [7, 11) is 0. The summed E-state index contributed by atoms with van der Waals surface area (Å²) in [5, 5.41) is 3.40. The summed E-state index contributed by atoms with van der Waals surface area (Å²) in [4.78, 5) is 18.9. The second-order valence-electron chi connectivity index (χ2n) is 5.60. The van der Waals surface area contributed by atoms with E-state index in [1.54, 1.807) is 6.07 Å². The molecule has 0 amide bonds. The highest BCUT2D eigenvalue weighted by Gasteiger charge is 2.24. The van der Waals surface area contributed by atoms with Gasteiger partial charge in [0, 0.05) is 18.0 Å². The molecule has 0 aromatic carbocycles. The lowest BCUT2D eigenvalue weighted by atomic mass is 10.1. The Morgan fingerprint density at radius 2 is 2.22 bits per heavy atom. The molecule has 100 valence electrons. The number of rotatable bonds is 6. The van der Waals surface area contributed by atoms with E-state index in [0.717, 1.165) is 24.0 Å². The Hall–Kier alpha value is -1.32. The standard InChI is InChI=1S/C14H23N3O/c1-4-11(7-10-5-6-10)15-12-8-13(18)17-14(16-12)9(2)3/h8-11H,4-7H2,1-3H3,(H2,15,16,17,18). The molecular formula is C14H23N3O. The molecule has 2 rings (SSSR count). The van der Waals surface area contributed by atoms with Gasteiger partial charge in [-0.1, -0.05) is 33.6 Å².